The molecule has 2 rings (SSSR count). The molecular formula is C13H21ClN4O. The zero-order valence-electron chi connectivity index (χ0n) is 11.4. The topological polar surface area (TPSA) is 72.9 Å². The normalized spacial score (nSPS) is 18.3. The Hall–Kier alpha value is -1.07. The zero-order valence-corrected chi connectivity index (χ0v) is 12.2. The minimum atomic E-state index is -0.697. The van der Waals surface area contributed by atoms with Crippen LogP contribution in [0.15, 0.2) is 6.20 Å². The second-order valence-corrected chi connectivity index (χ2v) is 5.70. The molecule has 1 amide bonds. The van der Waals surface area contributed by atoms with E-state index in [0.717, 1.165) is 31.5 Å². The molecule has 0 aliphatic heterocycles. The Balaban J connectivity index is 2.23. The van der Waals surface area contributed by atoms with Gasteiger partial charge in [-0.3, -0.25) is 9.48 Å². The molecule has 6 heteroatoms. The Kier molecular flexibility index (Phi) is 4.16. The van der Waals surface area contributed by atoms with E-state index in [1.165, 1.54) is 0 Å². The summed E-state index contributed by atoms with van der Waals surface area (Å²) in [6.45, 7) is 5.13. The van der Waals surface area contributed by atoms with Crippen LogP contribution in [-0.2, 0) is 11.3 Å². The van der Waals surface area contributed by atoms with Gasteiger partial charge in [0.05, 0.1) is 17.3 Å². The summed E-state index contributed by atoms with van der Waals surface area (Å²) in [6, 6.07) is 0. The summed E-state index contributed by atoms with van der Waals surface area (Å²) in [5.74, 6) is 0.00700. The number of nitrogens with one attached hydrogen (secondary N) is 1. The van der Waals surface area contributed by atoms with Gasteiger partial charge in [-0.25, -0.2) is 0 Å². The van der Waals surface area contributed by atoms with Crippen molar-refractivity contribution in [2.75, 3.05) is 6.54 Å². The molecule has 1 aromatic heterocycles. The Morgan fingerprint density at radius 1 is 1.68 bits per heavy atom. The Labute approximate surface area is 118 Å². The summed E-state index contributed by atoms with van der Waals surface area (Å²) in [5, 5.41) is 8.29. The second-order valence-electron chi connectivity index (χ2n) is 5.30. The first kappa shape index (κ1) is 14.3. The van der Waals surface area contributed by atoms with Crippen LogP contribution >= 0.6 is 11.6 Å². The van der Waals surface area contributed by atoms with E-state index in [2.05, 4.69) is 17.3 Å². The van der Waals surface area contributed by atoms with E-state index in [9.17, 15) is 4.79 Å². The summed E-state index contributed by atoms with van der Waals surface area (Å²) in [6.07, 6.45) is 4.78. The standard InChI is InChI=1S/C13H21ClN4O/c1-3-6-16-13(12(15)19,10-4-5-10)8-18-7-11(14)9(2)17-18/h7,10,16H,3-6,8H2,1-2H3,(H2,15,19). The third-order valence-corrected chi connectivity index (χ3v) is 4.07. The Bertz CT molecular complexity index is 450. The molecule has 1 fully saturated rings. The second kappa shape index (κ2) is 5.51. The maximum atomic E-state index is 12.0. The van der Waals surface area contributed by atoms with Crippen molar-refractivity contribution in [3.8, 4) is 0 Å². The molecule has 5 nitrogen and oxygen atoms in total. The minimum Gasteiger partial charge on any atom is -0.368 e. The van der Waals surface area contributed by atoms with Crippen LogP contribution in [0.3, 0.4) is 0 Å². The van der Waals surface area contributed by atoms with Gasteiger partial charge >= 0.3 is 0 Å². The quantitative estimate of drug-likeness (QED) is 0.796. The van der Waals surface area contributed by atoms with Crippen molar-refractivity contribution >= 4 is 17.5 Å². The highest BCUT2D eigenvalue weighted by molar-refractivity contribution is 6.31. The molecule has 1 atom stereocenters. The SMILES string of the molecule is CCCNC(Cn1cc(Cl)c(C)n1)(C(N)=O)C1CC1. The van der Waals surface area contributed by atoms with Crippen molar-refractivity contribution in [3.63, 3.8) is 0 Å². The first-order chi connectivity index (χ1) is 8.99. The average Bonchev–Trinajstić information content (AvgIpc) is 3.13. The van der Waals surface area contributed by atoms with E-state index >= 15 is 0 Å². The molecule has 1 aliphatic rings. The highest BCUT2D eigenvalue weighted by Gasteiger charge is 2.49. The van der Waals surface area contributed by atoms with Crippen molar-refractivity contribution in [1.29, 1.82) is 0 Å². The number of rotatable bonds is 7. The molecule has 19 heavy (non-hydrogen) atoms. The van der Waals surface area contributed by atoms with Crippen LogP contribution in [0, 0.1) is 12.8 Å². The largest absolute Gasteiger partial charge is 0.368 e. The smallest absolute Gasteiger partial charge is 0.239 e. The molecule has 0 bridgehead atoms. The van der Waals surface area contributed by atoms with Crippen LogP contribution in [-0.4, -0.2) is 27.8 Å². The van der Waals surface area contributed by atoms with E-state index in [1.807, 2.05) is 6.92 Å². The van der Waals surface area contributed by atoms with Gasteiger partial charge < -0.3 is 11.1 Å². The van der Waals surface area contributed by atoms with E-state index in [4.69, 9.17) is 17.3 Å². The maximum Gasteiger partial charge on any atom is 0.239 e. The number of aromatic nitrogens is 2. The molecule has 0 aromatic carbocycles. The van der Waals surface area contributed by atoms with Crippen LogP contribution in [0.1, 0.15) is 31.9 Å². The number of aryl methyl sites for hydroxylation is 1. The monoisotopic (exact) mass is 284 g/mol. The average molecular weight is 285 g/mol. The molecule has 0 saturated heterocycles. The van der Waals surface area contributed by atoms with Gasteiger partial charge in [-0.15, -0.1) is 0 Å². The predicted molar refractivity (Wildman–Crippen MR) is 74.9 cm³/mol. The van der Waals surface area contributed by atoms with Crippen molar-refractivity contribution in [1.82, 2.24) is 15.1 Å². The molecule has 106 valence electrons. The lowest BCUT2D eigenvalue weighted by atomic mass is 9.92. The fourth-order valence-electron chi connectivity index (χ4n) is 2.45. The minimum absolute atomic E-state index is 0.298. The summed E-state index contributed by atoms with van der Waals surface area (Å²) in [4.78, 5) is 12.0. The lowest BCUT2D eigenvalue weighted by molar-refractivity contribution is -0.126. The van der Waals surface area contributed by atoms with E-state index in [1.54, 1.807) is 10.9 Å². The molecular weight excluding hydrogens is 264 g/mol. The zero-order chi connectivity index (χ0) is 14.0. The summed E-state index contributed by atoms with van der Waals surface area (Å²) in [5.41, 5.74) is 5.74. The van der Waals surface area contributed by atoms with Crippen molar-refractivity contribution in [2.24, 2.45) is 11.7 Å². The number of halogens is 1. The molecule has 1 heterocycles. The van der Waals surface area contributed by atoms with Gasteiger partial charge in [-0.2, -0.15) is 5.10 Å². The van der Waals surface area contributed by atoms with Crippen LogP contribution in [0.5, 0.6) is 0 Å². The van der Waals surface area contributed by atoms with Crippen molar-refractivity contribution in [2.45, 2.75) is 45.2 Å². The molecule has 0 spiro atoms. The summed E-state index contributed by atoms with van der Waals surface area (Å²) in [7, 11) is 0. The number of carbonyl (C=O) groups is 1. The molecule has 1 unspecified atom stereocenters. The molecule has 1 saturated carbocycles. The number of hydrogen-bond donors (Lipinski definition) is 2. The fraction of sp³-hybridized carbons (Fsp3) is 0.692. The number of nitrogens with zero attached hydrogens (tertiary/aromatic N) is 2. The first-order valence-electron chi connectivity index (χ1n) is 6.74. The van der Waals surface area contributed by atoms with E-state index in [-0.39, 0.29) is 5.91 Å². The van der Waals surface area contributed by atoms with Crippen molar-refractivity contribution in [3.05, 3.63) is 16.9 Å². The molecule has 1 aliphatic carbocycles. The lowest BCUT2D eigenvalue weighted by Gasteiger charge is -2.32. The number of hydrogen-bond acceptors (Lipinski definition) is 3. The number of primary amides is 1. The lowest BCUT2D eigenvalue weighted by Crippen LogP contribution is -2.60. The third kappa shape index (κ3) is 2.92. The first-order valence-corrected chi connectivity index (χ1v) is 7.12. The van der Waals surface area contributed by atoms with Crippen LogP contribution in [0.4, 0.5) is 0 Å². The fourth-order valence-corrected chi connectivity index (χ4v) is 2.60. The predicted octanol–water partition coefficient (Wildman–Crippen LogP) is 1.48. The highest BCUT2D eigenvalue weighted by Crippen LogP contribution is 2.40. The van der Waals surface area contributed by atoms with Gasteiger partial charge in [0, 0.05) is 6.20 Å². The van der Waals surface area contributed by atoms with Gasteiger partial charge in [0.2, 0.25) is 5.91 Å². The van der Waals surface area contributed by atoms with Gasteiger partial charge in [0.25, 0.3) is 0 Å². The van der Waals surface area contributed by atoms with E-state index in [0.29, 0.717) is 17.5 Å². The summed E-state index contributed by atoms with van der Waals surface area (Å²) >= 11 is 6.02. The van der Waals surface area contributed by atoms with Gasteiger partial charge in [0.15, 0.2) is 0 Å². The maximum absolute atomic E-state index is 12.0. The molecule has 3 N–H and O–H groups in total. The molecule has 1 aromatic rings. The van der Waals surface area contributed by atoms with Crippen LogP contribution in [0.2, 0.25) is 5.02 Å². The van der Waals surface area contributed by atoms with E-state index < -0.39 is 5.54 Å². The van der Waals surface area contributed by atoms with Gasteiger partial charge in [0.1, 0.15) is 5.54 Å². The Morgan fingerprint density at radius 3 is 2.79 bits per heavy atom. The third-order valence-electron chi connectivity index (χ3n) is 3.70. The van der Waals surface area contributed by atoms with Gasteiger partial charge in [-0.1, -0.05) is 18.5 Å². The Morgan fingerprint density at radius 2 is 2.37 bits per heavy atom. The number of amides is 1. The number of carbonyl (C=O) groups excluding carboxylic acids is 1. The highest BCUT2D eigenvalue weighted by atomic mass is 35.5. The van der Waals surface area contributed by atoms with Crippen LogP contribution in [0.25, 0.3) is 0 Å². The van der Waals surface area contributed by atoms with Gasteiger partial charge in [-0.05, 0) is 38.6 Å². The molecule has 0 radical (unpaired) electrons. The number of nitrogens with two attached hydrogens (primary N) is 1. The van der Waals surface area contributed by atoms with Crippen molar-refractivity contribution < 1.29 is 4.79 Å². The van der Waals surface area contributed by atoms with Crippen LogP contribution < -0.4 is 11.1 Å². The summed E-state index contributed by atoms with van der Waals surface area (Å²) < 4.78 is 1.73.